The first-order valence-corrected chi connectivity index (χ1v) is 7.31. The van der Waals surface area contributed by atoms with Crippen molar-refractivity contribution < 1.29 is 4.74 Å². The molecule has 0 spiro atoms. The maximum Gasteiger partial charge on any atom is 0.119 e. The lowest BCUT2D eigenvalue weighted by atomic mass is 9.85. The fraction of sp³-hybridized carbons (Fsp3) is 0.600. The molecule has 0 aromatic heterocycles. The van der Waals surface area contributed by atoms with Gasteiger partial charge in [0.05, 0.1) is 7.11 Å². The van der Waals surface area contributed by atoms with Crippen LogP contribution in [0.1, 0.15) is 32.8 Å². The summed E-state index contributed by atoms with van der Waals surface area (Å²) in [6.45, 7) is 8.90. The number of halogens is 1. The van der Waals surface area contributed by atoms with Gasteiger partial charge in [0.1, 0.15) is 5.75 Å². The first kappa shape index (κ1) is 15.5. The summed E-state index contributed by atoms with van der Waals surface area (Å²) in [5.74, 6) is 0.922. The van der Waals surface area contributed by atoms with E-state index in [0.29, 0.717) is 0 Å². The molecule has 0 radical (unpaired) electrons. The summed E-state index contributed by atoms with van der Waals surface area (Å²) in [5, 5.41) is 3.50. The highest BCUT2D eigenvalue weighted by molar-refractivity contribution is 9.10. The maximum absolute atomic E-state index is 5.29. The van der Waals surface area contributed by atoms with E-state index in [2.05, 4.69) is 54.2 Å². The van der Waals surface area contributed by atoms with Crippen molar-refractivity contribution in [2.75, 3.05) is 20.2 Å². The molecular formula is C15H24BrNO. The van der Waals surface area contributed by atoms with Crippen molar-refractivity contribution in [3.05, 3.63) is 28.2 Å². The molecule has 1 N–H and O–H groups in total. The molecule has 3 heteroatoms. The van der Waals surface area contributed by atoms with E-state index in [-0.39, 0.29) is 5.41 Å². The molecule has 0 aliphatic heterocycles. The Morgan fingerprint density at radius 3 is 2.67 bits per heavy atom. The van der Waals surface area contributed by atoms with E-state index >= 15 is 0 Å². The van der Waals surface area contributed by atoms with Crippen molar-refractivity contribution in [2.24, 2.45) is 5.41 Å². The Balaban J connectivity index is 2.70. The molecule has 0 unspecified atom stereocenters. The number of methoxy groups -OCH3 is 1. The third-order valence-corrected chi connectivity index (χ3v) is 3.73. The van der Waals surface area contributed by atoms with E-state index in [9.17, 15) is 0 Å². The summed E-state index contributed by atoms with van der Waals surface area (Å²) in [6, 6.07) is 6.16. The monoisotopic (exact) mass is 313 g/mol. The Bertz CT molecular complexity index is 377. The van der Waals surface area contributed by atoms with Crippen molar-refractivity contribution in [1.29, 1.82) is 0 Å². The maximum atomic E-state index is 5.29. The molecule has 0 amide bonds. The van der Waals surface area contributed by atoms with Crippen LogP contribution in [0.5, 0.6) is 5.75 Å². The van der Waals surface area contributed by atoms with Crippen molar-refractivity contribution in [2.45, 2.75) is 33.6 Å². The Kier molecular flexibility index (Phi) is 6.16. The van der Waals surface area contributed by atoms with Gasteiger partial charge in [-0.05, 0) is 48.6 Å². The number of rotatable bonds is 7. The van der Waals surface area contributed by atoms with E-state index in [1.807, 2.05) is 6.07 Å². The van der Waals surface area contributed by atoms with Crippen LogP contribution in [-0.2, 0) is 6.42 Å². The van der Waals surface area contributed by atoms with Gasteiger partial charge in [0.25, 0.3) is 0 Å². The van der Waals surface area contributed by atoms with Gasteiger partial charge < -0.3 is 10.1 Å². The molecule has 18 heavy (non-hydrogen) atoms. The van der Waals surface area contributed by atoms with Crippen LogP contribution in [0.2, 0.25) is 0 Å². The Labute approximate surface area is 119 Å². The van der Waals surface area contributed by atoms with Gasteiger partial charge in [0, 0.05) is 11.0 Å². The Morgan fingerprint density at radius 1 is 1.33 bits per heavy atom. The normalized spacial score (nSPS) is 11.6. The summed E-state index contributed by atoms with van der Waals surface area (Å²) >= 11 is 3.62. The van der Waals surface area contributed by atoms with Gasteiger partial charge in [-0.1, -0.05) is 36.7 Å². The Hall–Kier alpha value is -0.540. The highest BCUT2D eigenvalue weighted by Crippen LogP contribution is 2.29. The minimum Gasteiger partial charge on any atom is -0.497 e. The van der Waals surface area contributed by atoms with Crippen LogP contribution in [0.15, 0.2) is 22.7 Å². The van der Waals surface area contributed by atoms with Crippen LogP contribution >= 0.6 is 15.9 Å². The topological polar surface area (TPSA) is 21.3 Å². The molecule has 1 rings (SSSR count). The minimum atomic E-state index is 0.240. The molecule has 0 atom stereocenters. The fourth-order valence-corrected chi connectivity index (χ4v) is 2.38. The average Bonchev–Trinajstić information content (AvgIpc) is 2.32. The first-order valence-electron chi connectivity index (χ1n) is 6.51. The van der Waals surface area contributed by atoms with Gasteiger partial charge in [0.15, 0.2) is 0 Å². The SMILES string of the molecule is CCCNCC(C)(C)Cc1cc(OC)ccc1Br. The van der Waals surface area contributed by atoms with Gasteiger partial charge in [-0.3, -0.25) is 0 Å². The zero-order chi connectivity index (χ0) is 13.6. The molecule has 1 aromatic rings. The van der Waals surface area contributed by atoms with E-state index in [1.54, 1.807) is 7.11 Å². The van der Waals surface area contributed by atoms with Crippen LogP contribution in [-0.4, -0.2) is 20.2 Å². The van der Waals surface area contributed by atoms with Crippen LogP contribution in [0.4, 0.5) is 0 Å². The molecule has 0 saturated carbocycles. The first-order chi connectivity index (χ1) is 8.48. The molecule has 0 fully saturated rings. The quantitative estimate of drug-likeness (QED) is 0.767. The molecule has 0 heterocycles. The molecule has 0 aliphatic rings. The molecule has 0 aliphatic carbocycles. The van der Waals surface area contributed by atoms with Crippen molar-refractivity contribution in [3.63, 3.8) is 0 Å². The molecule has 0 saturated heterocycles. The largest absolute Gasteiger partial charge is 0.497 e. The highest BCUT2D eigenvalue weighted by atomic mass is 79.9. The van der Waals surface area contributed by atoms with Crippen LogP contribution in [0.25, 0.3) is 0 Å². The third kappa shape index (κ3) is 4.99. The zero-order valence-corrected chi connectivity index (χ0v) is 13.4. The standard InChI is InChI=1S/C15H24BrNO/c1-5-8-17-11-15(2,3)10-12-9-13(18-4)6-7-14(12)16/h6-7,9,17H,5,8,10-11H2,1-4H3. The number of benzene rings is 1. The lowest BCUT2D eigenvalue weighted by molar-refractivity contribution is 0.337. The van der Waals surface area contributed by atoms with Crippen LogP contribution in [0, 0.1) is 5.41 Å². The molecule has 2 nitrogen and oxygen atoms in total. The summed E-state index contributed by atoms with van der Waals surface area (Å²) in [4.78, 5) is 0. The van der Waals surface area contributed by atoms with Crippen molar-refractivity contribution in [1.82, 2.24) is 5.32 Å². The number of nitrogens with one attached hydrogen (secondary N) is 1. The number of ether oxygens (including phenoxy) is 1. The summed E-state index contributed by atoms with van der Waals surface area (Å²) in [7, 11) is 1.71. The third-order valence-electron chi connectivity index (χ3n) is 2.95. The van der Waals surface area contributed by atoms with Gasteiger partial charge in [-0.25, -0.2) is 0 Å². The second-order valence-corrected chi connectivity index (χ2v) is 6.33. The van der Waals surface area contributed by atoms with Crippen LogP contribution in [0.3, 0.4) is 0 Å². The second-order valence-electron chi connectivity index (χ2n) is 5.48. The van der Waals surface area contributed by atoms with Crippen molar-refractivity contribution in [3.8, 4) is 5.75 Å². The number of hydrogen-bond donors (Lipinski definition) is 1. The summed E-state index contributed by atoms with van der Waals surface area (Å²) < 4.78 is 6.45. The van der Waals surface area contributed by atoms with Crippen LogP contribution < -0.4 is 10.1 Å². The number of hydrogen-bond acceptors (Lipinski definition) is 2. The predicted octanol–water partition coefficient (Wildman–Crippen LogP) is 4.03. The smallest absolute Gasteiger partial charge is 0.119 e. The van der Waals surface area contributed by atoms with Gasteiger partial charge >= 0.3 is 0 Å². The van der Waals surface area contributed by atoms with Gasteiger partial charge in [-0.2, -0.15) is 0 Å². The van der Waals surface area contributed by atoms with Crippen molar-refractivity contribution >= 4 is 15.9 Å². The molecule has 1 aromatic carbocycles. The lowest BCUT2D eigenvalue weighted by Gasteiger charge is -2.26. The van der Waals surface area contributed by atoms with E-state index in [1.165, 1.54) is 12.0 Å². The van der Waals surface area contributed by atoms with E-state index < -0.39 is 0 Å². The molecule has 102 valence electrons. The fourth-order valence-electron chi connectivity index (χ4n) is 2.00. The minimum absolute atomic E-state index is 0.240. The Morgan fingerprint density at radius 2 is 2.06 bits per heavy atom. The summed E-state index contributed by atoms with van der Waals surface area (Å²) in [6.07, 6.45) is 2.21. The van der Waals surface area contributed by atoms with E-state index in [0.717, 1.165) is 29.7 Å². The van der Waals surface area contributed by atoms with Gasteiger partial charge in [-0.15, -0.1) is 0 Å². The lowest BCUT2D eigenvalue weighted by Crippen LogP contribution is -2.31. The zero-order valence-electron chi connectivity index (χ0n) is 11.8. The highest BCUT2D eigenvalue weighted by Gasteiger charge is 2.19. The van der Waals surface area contributed by atoms with E-state index in [4.69, 9.17) is 4.74 Å². The average molecular weight is 314 g/mol. The summed E-state index contributed by atoms with van der Waals surface area (Å²) in [5.41, 5.74) is 1.54. The van der Waals surface area contributed by atoms with Gasteiger partial charge in [0.2, 0.25) is 0 Å². The predicted molar refractivity (Wildman–Crippen MR) is 81.3 cm³/mol. The molecular weight excluding hydrogens is 290 g/mol. The second kappa shape index (κ2) is 7.15. The molecule has 0 bridgehead atoms.